The van der Waals surface area contributed by atoms with Crippen LogP contribution in [0.15, 0.2) is 34.9 Å². The number of benzene rings is 1. The second-order valence-corrected chi connectivity index (χ2v) is 10.9. The highest BCUT2D eigenvalue weighted by atomic mass is 32.2. The second kappa shape index (κ2) is 7.40. The van der Waals surface area contributed by atoms with Gasteiger partial charge in [0, 0.05) is 42.2 Å². The fourth-order valence-electron chi connectivity index (χ4n) is 4.53. The molecule has 1 aliphatic carbocycles. The first kappa shape index (κ1) is 20.1. The molecule has 8 nitrogen and oxygen atoms in total. The van der Waals surface area contributed by atoms with Gasteiger partial charge in [0.25, 0.3) is 0 Å². The van der Waals surface area contributed by atoms with Crippen molar-refractivity contribution >= 4 is 27.2 Å². The van der Waals surface area contributed by atoms with Gasteiger partial charge < -0.3 is 9.73 Å². The summed E-state index contributed by atoms with van der Waals surface area (Å²) in [7, 11) is -1.65. The van der Waals surface area contributed by atoms with Crippen molar-refractivity contribution in [1.29, 1.82) is 0 Å². The van der Waals surface area contributed by atoms with Gasteiger partial charge in [-0.1, -0.05) is 13.8 Å². The summed E-state index contributed by atoms with van der Waals surface area (Å²) < 4.78 is 31.5. The largest absolute Gasteiger partial charge is 0.445 e. The van der Waals surface area contributed by atoms with Gasteiger partial charge in [0.2, 0.25) is 10.0 Å². The van der Waals surface area contributed by atoms with Gasteiger partial charge in [-0.2, -0.15) is 5.10 Å². The van der Waals surface area contributed by atoms with E-state index in [1.807, 2.05) is 30.5 Å². The van der Waals surface area contributed by atoms with E-state index in [0.29, 0.717) is 17.8 Å². The summed E-state index contributed by atoms with van der Waals surface area (Å²) in [5.41, 5.74) is 3.46. The highest BCUT2D eigenvalue weighted by Gasteiger charge is 2.32. The van der Waals surface area contributed by atoms with Crippen LogP contribution >= 0.6 is 0 Å². The Hall–Kier alpha value is -2.81. The van der Waals surface area contributed by atoms with Crippen molar-refractivity contribution in [3.63, 3.8) is 0 Å². The molecule has 0 spiro atoms. The lowest BCUT2D eigenvalue weighted by molar-refractivity contribution is 0.406. The Kier molecular flexibility index (Phi) is 4.80. The first-order valence-corrected chi connectivity index (χ1v) is 12.3. The number of nitrogens with zero attached hydrogens (tertiary/aromatic N) is 3. The number of fused-ring (bicyclic) bond motifs is 1. The van der Waals surface area contributed by atoms with Crippen LogP contribution in [0.1, 0.15) is 73.8 Å². The van der Waals surface area contributed by atoms with Crippen LogP contribution in [0.25, 0.3) is 0 Å². The number of anilines is 3. The number of rotatable bonds is 5. The summed E-state index contributed by atoms with van der Waals surface area (Å²) in [6.45, 7) is 4.22. The Balaban J connectivity index is 1.26. The van der Waals surface area contributed by atoms with Crippen LogP contribution in [0.4, 0.5) is 17.2 Å². The van der Waals surface area contributed by atoms with Gasteiger partial charge in [-0.05, 0) is 43.0 Å². The van der Waals surface area contributed by atoms with Crippen molar-refractivity contribution in [2.75, 3.05) is 16.7 Å². The molecule has 1 fully saturated rings. The standard InChI is InChI=1S/C22H27N5O3S/c1-13(2)20-11-23-22(30-20)15-5-4-14(8-15)18-10-21(26-25-18)24-17-6-7-19-16(9-17)12-31(28,29)27(19)3/h6-7,9-11,13-15H,4-5,8,12H2,1-3H3,(H2,24,25,26). The quantitative estimate of drug-likeness (QED) is 0.600. The van der Waals surface area contributed by atoms with Crippen molar-refractivity contribution in [2.45, 2.75) is 56.6 Å². The summed E-state index contributed by atoms with van der Waals surface area (Å²) in [6.07, 6.45) is 4.96. The van der Waals surface area contributed by atoms with Crippen molar-refractivity contribution in [2.24, 2.45) is 0 Å². The molecule has 5 rings (SSSR count). The molecule has 2 aliphatic rings. The normalized spacial score (nSPS) is 22.3. The van der Waals surface area contributed by atoms with Gasteiger partial charge in [-0.25, -0.2) is 13.4 Å². The van der Waals surface area contributed by atoms with Crippen LogP contribution in [0, 0.1) is 0 Å². The van der Waals surface area contributed by atoms with Gasteiger partial charge >= 0.3 is 0 Å². The van der Waals surface area contributed by atoms with E-state index in [-0.39, 0.29) is 5.75 Å². The van der Waals surface area contributed by atoms with Crippen LogP contribution in [0.5, 0.6) is 0 Å². The number of hydrogen-bond donors (Lipinski definition) is 2. The van der Waals surface area contributed by atoms with E-state index in [9.17, 15) is 8.42 Å². The summed E-state index contributed by atoms with van der Waals surface area (Å²) >= 11 is 0. The van der Waals surface area contributed by atoms with E-state index in [2.05, 4.69) is 34.3 Å². The Morgan fingerprint density at radius 2 is 2.03 bits per heavy atom. The summed E-state index contributed by atoms with van der Waals surface area (Å²) in [5, 5.41) is 10.9. The molecule has 1 saturated carbocycles. The minimum absolute atomic E-state index is 0.0307. The van der Waals surface area contributed by atoms with Crippen LogP contribution in [-0.2, 0) is 15.8 Å². The monoisotopic (exact) mass is 441 g/mol. The summed E-state index contributed by atoms with van der Waals surface area (Å²) in [6, 6.07) is 7.63. The number of sulfonamides is 1. The number of hydrogen-bond acceptors (Lipinski definition) is 6. The van der Waals surface area contributed by atoms with Crippen molar-refractivity contribution < 1.29 is 12.8 Å². The lowest BCUT2D eigenvalue weighted by Gasteiger charge is -2.11. The second-order valence-electron chi connectivity index (χ2n) is 8.86. The van der Waals surface area contributed by atoms with Gasteiger partial charge in [0.05, 0.1) is 17.6 Å². The molecular formula is C22H27N5O3S. The molecule has 0 radical (unpaired) electrons. The molecule has 3 aromatic rings. The molecule has 164 valence electrons. The number of nitrogens with one attached hydrogen (secondary N) is 2. The van der Waals surface area contributed by atoms with E-state index < -0.39 is 10.0 Å². The number of oxazole rings is 1. The molecule has 3 heterocycles. The van der Waals surface area contributed by atoms with E-state index >= 15 is 0 Å². The number of H-pyrrole nitrogens is 1. The first-order chi connectivity index (χ1) is 14.8. The zero-order valence-electron chi connectivity index (χ0n) is 17.9. The molecule has 2 unspecified atom stereocenters. The number of aromatic amines is 1. The SMILES string of the molecule is CC(C)c1cnc(C2CCC(c3cc(Nc4ccc5c(c4)CS(=O)(=O)N5C)n[nH]3)C2)o1. The summed E-state index contributed by atoms with van der Waals surface area (Å²) in [5.74, 6) is 3.63. The summed E-state index contributed by atoms with van der Waals surface area (Å²) in [4.78, 5) is 4.50. The molecule has 0 amide bonds. The Labute approximate surface area is 182 Å². The highest BCUT2D eigenvalue weighted by Crippen LogP contribution is 2.43. The fourth-order valence-corrected chi connectivity index (χ4v) is 5.83. The van der Waals surface area contributed by atoms with Crippen LogP contribution in [0.2, 0.25) is 0 Å². The lowest BCUT2D eigenvalue weighted by Crippen LogP contribution is -2.20. The Morgan fingerprint density at radius 3 is 2.81 bits per heavy atom. The van der Waals surface area contributed by atoms with E-state index in [1.165, 1.54) is 4.31 Å². The minimum atomic E-state index is -3.24. The molecule has 2 N–H and O–H groups in total. The van der Waals surface area contributed by atoms with Gasteiger partial charge in [0.15, 0.2) is 11.7 Å². The minimum Gasteiger partial charge on any atom is -0.445 e. The molecule has 2 atom stereocenters. The molecule has 0 bridgehead atoms. The van der Waals surface area contributed by atoms with Crippen molar-refractivity contribution in [1.82, 2.24) is 15.2 Å². The van der Waals surface area contributed by atoms with Crippen LogP contribution in [-0.4, -0.2) is 30.6 Å². The third-order valence-electron chi connectivity index (χ3n) is 6.38. The molecule has 31 heavy (non-hydrogen) atoms. The van der Waals surface area contributed by atoms with Gasteiger partial charge in [0.1, 0.15) is 5.76 Å². The average Bonchev–Trinajstić information content (AvgIpc) is 3.48. The number of aromatic nitrogens is 3. The third kappa shape index (κ3) is 3.71. The maximum absolute atomic E-state index is 12.1. The van der Waals surface area contributed by atoms with Crippen LogP contribution < -0.4 is 9.62 Å². The fraction of sp³-hybridized carbons (Fsp3) is 0.455. The molecule has 1 aromatic carbocycles. The Morgan fingerprint density at radius 1 is 1.23 bits per heavy atom. The predicted octanol–water partition coefficient (Wildman–Crippen LogP) is 4.60. The van der Waals surface area contributed by atoms with E-state index in [4.69, 9.17) is 4.42 Å². The van der Waals surface area contributed by atoms with E-state index in [1.54, 1.807) is 7.05 Å². The smallest absolute Gasteiger partial charge is 0.239 e. The first-order valence-electron chi connectivity index (χ1n) is 10.7. The zero-order chi connectivity index (χ0) is 21.8. The molecule has 0 saturated heterocycles. The maximum atomic E-state index is 12.1. The lowest BCUT2D eigenvalue weighted by atomic mass is 10.0. The Bertz CT molecular complexity index is 1210. The van der Waals surface area contributed by atoms with Crippen molar-refractivity contribution in [3.05, 3.63) is 53.4 Å². The third-order valence-corrected chi connectivity index (χ3v) is 8.08. The molecular weight excluding hydrogens is 414 g/mol. The molecule has 9 heteroatoms. The average molecular weight is 442 g/mol. The van der Waals surface area contributed by atoms with Crippen molar-refractivity contribution in [3.8, 4) is 0 Å². The molecule has 1 aliphatic heterocycles. The maximum Gasteiger partial charge on any atom is 0.239 e. The molecule has 2 aromatic heterocycles. The topological polar surface area (TPSA) is 104 Å². The zero-order valence-corrected chi connectivity index (χ0v) is 18.7. The van der Waals surface area contributed by atoms with E-state index in [0.717, 1.165) is 59.4 Å². The highest BCUT2D eigenvalue weighted by molar-refractivity contribution is 7.92. The van der Waals surface area contributed by atoms with Gasteiger partial charge in [-0.3, -0.25) is 9.40 Å². The predicted molar refractivity (Wildman–Crippen MR) is 119 cm³/mol. The van der Waals surface area contributed by atoms with Crippen LogP contribution in [0.3, 0.4) is 0 Å². The van der Waals surface area contributed by atoms with Gasteiger partial charge in [-0.15, -0.1) is 0 Å².